The Kier molecular flexibility index (Phi) is 23.9. The van der Waals surface area contributed by atoms with Crippen molar-refractivity contribution in [3.8, 4) is 22.9 Å². The van der Waals surface area contributed by atoms with Crippen LogP contribution < -0.4 is 110 Å². The molecule has 0 fully saturated rings. The van der Waals surface area contributed by atoms with Gasteiger partial charge in [0.15, 0.2) is 27.8 Å². The molecule has 0 bridgehead atoms. The van der Waals surface area contributed by atoms with E-state index in [0.717, 1.165) is 24.3 Å². The predicted octanol–water partition coefficient (Wildman–Crippen LogP) is -3.87. The minimum atomic E-state index is -5.15. The van der Waals surface area contributed by atoms with Gasteiger partial charge in [0.25, 0.3) is 32.7 Å². The number of rotatable bonds is 12. The number of nitro groups is 2. The summed E-state index contributed by atoms with van der Waals surface area (Å²) in [6, 6.07) is 17.9. The van der Waals surface area contributed by atoms with Crippen LogP contribution in [0.5, 0.6) is 17.2 Å². The maximum absolute atomic E-state index is 12.5. The van der Waals surface area contributed by atoms with Crippen LogP contribution in [0.1, 0.15) is 5.69 Å². The number of aromatic nitrogens is 2. The number of nitrogens with one attached hydrogen (secondary N) is 3. The number of halogens is 2. The van der Waals surface area contributed by atoms with Gasteiger partial charge in [-0.25, -0.2) is 4.68 Å². The molecule has 0 spiro atoms. The first kappa shape index (κ1) is 61.6. The first-order valence-corrected chi connectivity index (χ1v) is 21.9. The fourth-order valence-corrected chi connectivity index (χ4v) is 7.03. The maximum atomic E-state index is 12.5. The standard InChI is InChI=1S/C19H14Br2N4O11S2.C16H13N5O4.Cr.3Na/c20-7-12(21)19(28)22-9-2-1-8-3-14(37(31,32)33)16(17(26)11(8)4-9)24-23-13-5-10(25(29)30)6-15(18(13)27)38(34,35)36;1-10-15(16(23)20(19-10)11-5-3-2-4-6-11)18-17-13-9-12(21(24)25)7-8-14(13)22;;;;/h1-6,12,26-27H,7H2,(H,22,28)(H,31,32,33)(H,34,35,36);2-9,19,22H,1H3;;;;/q;;;3*+1. The minimum Gasteiger partial charge on any atom is -0.871 e. The van der Waals surface area contributed by atoms with Gasteiger partial charge in [0, 0.05) is 57.1 Å². The summed E-state index contributed by atoms with van der Waals surface area (Å²) in [6.07, 6.45) is 0. The van der Waals surface area contributed by atoms with Gasteiger partial charge >= 0.3 is 98.8 Å². The van der Waals surface area contributed by atoms with Crippen molar-refractivity contribution >= 4 is 109 Å². The number of H-pyrrole nitrogens is 1. The van der Waals surface area contributed by atoms with Gasteiger partial charge in [-0.3, -0.25) is 44.0 Å². The van der Waals surface area contributed by atoms with Crippen LogP contribution in [0, 0.1) is 27.2 Å². The van der Waals surface area contributed by atoms with Crippen LogP contribution >= 0.6 is 31.9 Å². The molecule has 0 aliphatic carbocycles. The van der Waals surface area contributed by atoms with Gasteiger partial charge in [-0.1, -0.05) is 73.1 Å². The van der Waals surface area contributed by atoms with E-state index in [2.05, 4.69) is 57.6 Å². The molecule has 6 aromatic rings. The molecule has 24 nitrogen and oxygen atoms in total. The number of nitro benzene ring substituents is 2. The van der Waals surface area contributed by atoms with Crippen molar-refractivity contribution < 1.29 is 167 Å². The average Bonchev–Trinajstić information content (AvgIpc) is 3.51. The number of aromatic hydroxyl groups is 2. The Morgan fingerprint density at radius 3 is 2.01 bits per heavy atom. The van der Waals surface area contributed by atoms with Crippen molar-refractivity contribution in [2.45, 2.75) is 21.5 Å². The van der Waals surface area contributed by atoms with Crippen LogP contribution in [0.15, 0.2) is 115 Å². The summed E-state index contributed by atoms with van der Waals surface area (Å²) in [5.41, 5.74) is -2.15. The number of hydrogen-bond donors (Lipinski definition) is 7. The molecule has 7 N–H and O–H groups in total. The van der Waals surface area contributed by atoms with Gasteiger partial charge in [0.2, 0.25) is 5.91 Å². The zero-order valence-electron chi connectivity index (χ0n) is 34.8. The Labute approximate surface area is 471 Å². The number of aryl methyl sites for hydroxylation is 1. The Hall–Kier alpha value is -3.45. The van der Waals surface area contributed by atoms with Crippen molar-refractivity contribution in [1.82, 2.24) is 9.78 Å². The van der Waals surface area contributed by atoms with Gasteiger partial charge in [0.1, 0.15) is 9.72 Å². The number of aromatic amines is 1. The van der Waals surface area contributed by atoms with E-state index in [4.69, 9.17) is 0 Å². The summed E-state index contributed by atoms with van der Waals surface area (Å²) in [7, 11) is -10.2. The Morgan fingerprint density at radius 2 is 1.45 bits per heavy atom. The molecule has 0 saturated heterocycles. The van der Waals surface area contributed by atoms with E-state index in [1.165, 1.54) is 22.9 Å². The van der Waals surface area contributed by atoms with Crippen molar-refractivity contribution in [2.75, 3.05) is 10.6 Å². The number of phenolic OH excluding ortho intramolecular Hbond substituents is 2. The third-order valence-corrected chi connectivity index (χ3v) is 12.3. The minimum absolute atomic E-state index is 0. The van der Waals surface area contributed by atoms with Gasteiger partial charge in [-0.05, 0) is 42.6 Å². The Bertz CT molecular complexity index is 3190. The molecule has 1 atom stereocenters. The Balaban J connectivity index is 0.000000677. The summed E-state index contributed by atoms with van der Waals surface area (Å²) in [6.45, 7) is 1.64. The Morgan fingerprint density at radius 1 is 0.851 bits per heavy atom. The number of para-hydroxylation sites is 1. The molecule has 5 aromatic carbocycles. The fraction of sp³-hybridized carbons (Fsp3) is 0.0857. The van der Waals surface area contributed by atoms with Crippen LogP contribution in [0.4, 0.5) is 39.8 Å². The molecule has 1 aromatic heterocycles. The number of phenols is 2. The first-order valence-electron chi connectivity index (χ1n) is 17.0. The topological polar surface area (TPSA) is 376 Å². The molecular weight excluding hydrogens is 1130 g/mol. The number of non-ortho nitro benzene ring substituents is 2. The quantitative estimate of drug-likeness (QED) is 0.0117. The molecular formula is C35H27Br2CrN9Na3O15S2+3. The van der Waals surface area contributed by atoms with Crippen LogP contribution in [0.25, 0.3) is 16.5 Å². The second kappa shape index (κ2) is 26.0. The summed E-state index contributed by atoms with van der Waals surface area (Å²) in [5.74, 6) is -3.02. The monoisotopic (exact) mass is 1160 g/mol. The normalized spacial score (nSPS) is 11.5. The molecule has 1 unspecified atom stereocenters. The number of hydrogen-bond acceptors (Lipinski definition) is 16. The van der Waals surface area contributed by atoms with E-state index in [-0.39, 0.29) is 145 Å². The van der Waals surface area contributed by atoms with Crippen LogP contribution in [0.3, 0.4) is 0 Å². The van der Waals surface area contributed by atoms with Crippen molar-refractivity contribution in [3.63, 3.8) is 0 Å². The molecule has 0 saturated carbocycles. The number of alkyl halides is 2. The third kappa shape index (κ3) is 15.3. The summed E-state index contributed by atoms with van der Waals surface area (Å²) in [4.78, 5) is 42.1. The van der Waals surface area contributed by atoms with Crippen LogP contribution in [0.2, 0.25) is 0 Å². The average molecular weight is 1160 g/mol. The molecule has 67 heavy (non-hydrogen) atoms. The maximum Gasteiger partial charge on any atom is 1.00 e. The number of carbonyl (C=O) groups excluding carboxylic acids is 1. The van der Waals surface area contributed by atoms with Crippen LogP contribution in [-0.2, 0) is 42.4 Å². The van der Waals surface area contributed by atoms with Crippen molar-refractivity contribution in [2.24, 2.45) is 15.3 Å². The predicted molar refractivity (Wildman–Crippen MR) is 226 cm³/mol. The van der Waals surface area contributed by atoms with Gasteiger partial charge in [0.05, 0.1) is 33.0 Å². The van der Waals surface area contributed by atoms with Gasteiger partial charge in [-0.2, -0.15) is 21.9 Å². The molecule has 334 valence electrons. The van der Waals surface area contributed by atoms with E-state index in [9.17, 15) is 71.1 Å². The molecule has 1 heterocycles. The number of anilines is 1. The van der Waals surface area contributed by atoms with E-state index in [1.54, 1.807) is 31.2 Å². The number of benzene rings is 5. The fourth-order valence-electron chi connectivity index (χ4n) is 5.33. The SMILES string of the molecule is Cc1[nH]n(-c2ccccc2)c(=O)c1N=Nc1cc([N+](=O)[O-])ccc1[O-].O=C(Nc1ccc2cc(S(=O)(=O)O)c([NH+]=Nc3cc([N+](=O)[O-])cc(S(=O)(=O)O)c3O)c(O)c2c1)C(Br)CBr.[Cr].[Na+].[Na+].[Na+]. The summed E-state index contributed by atoms with van der Waals surface area (Å²) < 4.78 is 67.4. The van der Waals surface area contributed by atoms with E-state index < -0.39 is 90.5 Å². The third-order valence-electron chi connectivity index (χ3n) is 8.33. The van der Waals surface area contributed by atoms with Crippen molar-refractivity contribution in [3.05, 3.63) is 121 Å². The molecule has 32 heteroatoms. The smallest absolute Gasteiger partial charge is 0.871 e. The molecule has 0 radical (unpaired) electrons. The molecule has 0 aliphatic heterocycles. The van der Waals surface area contributed by atoms with Gasteiger partial charge in [-0.15, -0.1) is 5.11 Å². The molecule has 1 amide bonds. The zero-order valence-corrected chi connectivity index (χ0v) is 46.9. The number of azo groups is 2. The van der Waals surface area contributed by atoms with Crippen molar-refractivity contribution in [1.29, 1.82) is 0 Å². The number of fused-ring (bicyclic) bond motifs is 1. The largest absolute Gasteiger partial charge is 1.00 e. The van der Waals surface area contributed by atoms with Crippen LogP contribution in [-0.4, -0.2) is 71.8 Å². The number of carbonyl (C=O) groups is 1. The van der Waals surface area contributed by atoms with E-state index >= 15 is 0 Å². The molecule has 6 rings (SSSR count). The zero-order chi connectivity index (χ0) is 46.6. The van der Waals surface area contributed by atoms with E-state index in [0.29, 0.717) is 23.5 Å². The number of amides is 1. The summed E-state index contributed by atoms with van der Waals surface area (Å²) in [5, 5.41) is 73.6. The second-order valence-corrected chi connectivity index (χ2v) is 17.1. The summed E-state index contributed by atoms with van der Waals surface area (Å²) >= 11 is 6.28. The molecule has 0 aliphatic rings. The number of nitrogens with zero attached hydrogens (tertiary/aromatic N) is 6. The van der Waals surface area contributed by atoms with Gasteiger partial charge < -0.3 is 20.6 Å². The first-order chi connectivity index (χ1) is 29.5. The second-order valence-electron chi connectivity index (χ2n) is 12.6. The van der Waals surface area contributed by atoms with E-state index in [1.807, 2.05) is 11.2 Å².